The molecule has 2 atom stereocenters. The first-order chi connectivity index (χ1) is 9.28. The number of aliphatic hydroxyl groups excluding tert-OH is 1. The highest BCUT2D eigenvalue weighted by molar-refractivity contribution is 5.80. The molecule has 0 bridgehead atoms. The number of rotatable bonds is 3. The van der Waals surface area contributed by atoms with Gasteiger partial charge in [0.25, 0.3) is 0 Å². The molecule has 19 heavy (non-hydrogen) atoms. The third-order valence-corrected chi connectivity index (χ3v) is 4.64. The zero-order valence-corrected chi connectivity index (χ0v) is 11.1. The lowest BCUT2D eigenvalue weighted by molar-refractivity contribution is -0.125. The van der Waals surface area contributed by atoms with Gasteiger partial charge in [0.2, 0.25) is 5.91 Å². The normalized spacial score (nSPS) is 26.4. The van der Waals surface area contributed by atoms with Crippen molar-refractivity contribution in [1.82, 2.24) is 5.32 Å². The van der Waals surface area contributed by atoms with Gasteiger partial charge in [-0.1, -0.05) is 30.7 Å². The van der Waals surface area contributed by atoms with Crippen LogP contribution in [0.25, 0.3) is 0 Å². The van der Waals surface area contributed by atoms with Crippen molar-refractivity contribution in [3.63, 3.8) is 0 Å². The van der Waals surface area contributed by atoms with Crippen molar-refractivity contribution in [3.05, 3.63) is 35.4 Å². The quantitative estimate of drug-likeness (QED) is 0.867. The van der Waals surface area contributed by atoms with Crippen molar-refractivity contribution in [3.8, 4) is 0 Å². The number of hydrogen-bond acceptors (Lipinski definition) is 2. The summed E-state index contributed by atoms with van der Waals surface area (Å²) in [5.41, 5.74) is 2.63. The first-order valence-corrected chi connectivity index (χ1v) is 7.26. The molecule has 0 aromatic heterocycles. The van der Waals surface area contributed by atoms with Crippen LogP contribution in [0.2, 0.25) is 0 Å². The molecule has 3 rings (SSSR count). The molecule has 2 aliphatic carbocycles. The zero-order valence-electron chi connectivity index (χ0n) is 11.1. The Hall–Kier alpha value is -1.35. The topological polar surface area (TPSA) is 49.3 Å². The molecular formula is C16H21NO2. The van der Waals surface area contributed by atoms with E-state index in [-0.39, 0.29) is 30.4 Å². The predicted molar refractivity (Wildman–Crippen MR) is 73.7 cm³/mol. The van der Waals surface area contributed by atoms with Gasteiger partial charge in [0.05, 0.1) is 0 Å². The Balaban J connectivity index is 1.61. The average Bonchev–Trinajstić information content (AvgIpc) is 3.03. The van der Waals surface area contributed by atoms with Crippen molar-refractivity contribution >= 4 is 5.91 Å². The lowest BCUT2D eigenvalue weighted by atomic mass is 10.0. The van der Waals surface area contributed by atoms with Crippen LogP contribution in [-0.4, -0.2) is 23.7 Å². The predicted octanol–water partition coefficient (Wildman–Crippen LogP) is 1.68. The van der Waals surface area contributed by atoms with Gasteiger partial charge in [-0.2, -0.15) is 0 Å². The molecule has 0 heterocycles. The van der Waals surface area contributed by atoms with Crippen LogP contribution in [-0.2, 0) is 17.6 Å². The van der Waals surface area contributed by atoms with E-state index >= 15 is 0 Å². The number of carbonyl (C=O) groups is 1. The molecule has 0 spiro atoms. The molecule has 1 aromatic rings. The molecule has 3 heteroatoms. The minimum atomic E-state index is 0.0809. The van der Waals surface area contributed by atoms with Gasteiger partial charge in [0.1, 0.15) is 0 Å². The Kier molecular flexibility index (Phi) is 3.56. The van der Waals surface area contributed by atoms with Crippen LogP contribution in [0.15, 0.2) is 24.3 Å². The SMILES string of the molecule is O=C(NC1CCCC1CO)C1Cc2ccccc2C1. The van der Waals surface area contributed by atoms with Gasteiger partial charge in [0.15, 0.2) is 0 Å². The number of nitrogens with one attached hydrogen (secondary N) is 1. The third-order valence-electron chi connectivity index (χ3n) is 4.64. The molecule has 2 unspecified atom stereocenters. The third kappa shape index (κ3) is 2.52. The summed E-state index contributed by atoms with van der Waals surface area (Å²) in [5.74, 6) is 0.506. The minimum Gasteiger partial charge on any atom is -0.396 e. The van der Waals surface area contributed by atoms with E-state index in [4.69, 9.17) is 0 Å². The van der Waals surface area contributed by atoms with Crippen LogP contribution in [0.4, 0.5) is 0 Å². The van der Waals surface area contributed by atoms with E-state index in [1.54, 1.807) is 0 Å². The highest BCUT2D eigenvalue weighted by Gasteiger charge is 2.32. The molecule has 1 amide bonds. The molecule has 1 aromatic carbocycles. The van der Waals surface area contributed by atoms with E-state index in [2.05, 4.69) is 17.4 Å². The van der Waals surface area contributed by atoms with Crippen molar-refractivity contribution in [2.24, 2.45) is 11.8 Å². The van der Waals surface area contributed by atoms with E-state index in [0.29, 0.717) is 0 Å². The van der Waals surface area contributed by atoms with E-state index in [0.717, 1.165) is 32.1 Å². The minimum absolute atomic E-state index is 0.0809. The first-order valence-electron chi connectivity index (χ1n) is 7.26. The monoisotopic (exact) mass is 259 g/mol. The second-order valence-corrected chi connectivity index (χ2v) is 5.86. The summed E-state index contributed by atoms with van der Waals surface area (Å²) >= 11 is 0. The molecule has 2 aliphatic rings. The van der Waals surface area contributed by atoms with Crippen LogP contribution in [0.1, 0.15) is 30.4 Å². The van der Waals surface area contributed by atoms with E-state index in [1.165, 1.54) is 11.1 Å². The van der Waals surface area contributed by atoms with Gasteiger partial charge in [-0.15, -0.1) is 0 Å². The van der Waals surface area contributed by atoms with Crippen molar-refractivity contribution in [2.75, 3.05) is 6.61 Å². The van der Waals surface area contributed by atoms with Gasteiger partial charge in [-0.3, -0.25) is 4.79 Å². The van der Waals surface area contributed by atoms with E-state index in [9.17, 15) is 9.90 Å². The lowest BCUT2D eigenvalue weighted by Gasteiger charge is -2.21. The van der Waals surface area contributed by atoms with Gasteiger partial charge in [-0.05, 0) is 36.8 Å². The fourth-order valence-electron chi connectivity index (χ4n) is 3.49. The summed E-state index contributed by atoms with van der Waals surface area (Å²) in [7, 11) is 0. The Labute approximate surface area is 114 Å². The molecule has 1 fully saturated rings. The first kappa shape index (κ1) is 12.7. The molecule has 3 nitrogen and oxygen atoms in total. The number of hydrogen-bond donors (Lipinski definition) is 2. The Bertz CT molecular complexity index is 447. The Morgan fingerprint density at radius 1 is 1.21 bits per heavy atom. The number of amides is 1. The summed E-state index contributed by atoms with van der Waals surface area (Å²) in [6, 6.07) is 8.50. The Morgan fingerprint density at radius 3 is 2.53 bits per heavy atom. The summed E-state index contributed by atoms with van der Waals surface area (Å²) in [6.45, 7) is 0.190. The molecule has 102 valence electrons. The van der Waals surface area contributed by atoms with Crippen LogP contribution in [0.3, 0.4) is 0 Å². The molecule has 1 saturated carbocycles. The maximum Gasteiger partial charge on any atom is 0.224 e. The van der Waals surface area contributed by atoms with Crippen LogP contribution in [0.5, 0.6) is 0 Å². The highest BCUT2D eigenvalue weighted by Crippen LogP contribution is 2.29. The number of benzene rings is 1. The van der Waals surface area contributed by atoms with Gasteiger partial charge in [-0.25, -0.2) is 0 Å². The fraction of sp³-hybridized carbons (Fsp3) is 0.562. The van der Waals surface area contributed by atoms with Crippen molar-refractivity contribution < 1.29 is 9.90 Å². The summed E-state index contributed by atoms with van der Waals surface area (Å²) < 4.78 is 0. The number of carbonyl (C=O) groups excluding carboxylic acids is 1. The smallest absolute Gasteiger partial charge is 0.224 e. The maximum atomic E-state index is 12.3. The summed E-state index contributed by atoms with van der Waals surface area (Å²) in [5, 5.41) is 12.5. The van der Waals surface area contributed by atoms with Gasteiger partial charge >= 0.3 is 0 Å². The second kappa shape index (κ2) is 5.33. The van der Waals surface area contributed by atoms with Crippen LogP contribution < -0.4 is 5.32 Å². The highest BCUT2D eigenvalue weighted by atomic mass is 16.3. The standard InChI is InChI=1S/C16H21NO2/c18-10-13-6-3-7-15(13)17-16(19)14-8-11-4-1-2-5-12(11)9-14/h1-2,4-5,13-15,18H,3,6-10H2,(H,17,19). The molecule has 0 saturated heterocycles. The fourth-order valence-corrected chi connectivity index (χ4v) is 3.49. The molecule has 0 aliphatic heterocycles. The zero-order chi connectivity index (χ0) is 13.2. The largest absolute Gasteiger partial charge is 0.396 e. The van der Waals surface area contributed by atoms with Crippen LogP contribution >= 0.6 is 0 Å². The second-order valence-electron chi connectivity index (χ2n) is 5.86. The Morgan fingerprint density at radius 2 is 1.89 bits per heavy atom. The average molecular weight is 259 g/mol. The number of aliphatic hydroxyl groups is 1. The summed E-state index contributed by atoms with van der Waals surface area (Å²) in [4.78, 5) is 12.3. The van der Waals surface area contributed by atoms with Crippen LogP contribution in [0, 0.1) is 11.8 Å². The summed E-state index contributed by atoms with van der Waals surface area (Å²) in [6.07, 6.45) is 4.88. The molecule has 0 radical (unpaired) electrons. The van der Waals surface area contributed by atoms with E-state index in [1.807, 2.05) is 12.1 Å². The maximum absolute atomic E-state index is 12.3. The van der Waals surface area contributed by atoms with E-state index < -0.39 is 0 Å². The van der Waals surface area contributed by atoms with Crippen molar-refractivity contribution in [2.45, 2.75) is 38.1 Å². The van der Waals surface area contributed by atoms with Crippen molar-refractivity contribution in [1.29, 1.82) is 0 Å². The molecular weight excluding hydrogens is 238 g/mol. The molecule has 2 N–H and O–H groups in total. The number of fused-ring (bicyclic) bond motifs is 1. The van der Waals surface area contributed by atoms with Gasteiger partial charge in [0, 0.05) is 24.5 Å². The lowest BCUT2D eigenvalue weighted by Crippen LogP contribution is -2.42. The van der Waals surface area contributed by atoms with Gasteiger partial charge < -0.3 is 10.4 Å².